The maximum atomic E-state index is 12.6. The zero-order valence-electron chi connectivity index (χ0n) is 11.3. The topological polar surface area (TPSA) is 54.4 Å². The second kappa shape index (κ2) is 5.50. The minimum atomic E-state index is -1.07. The molecule has 104 valence electrons. The molecule has 0 bridgehead atoms. The highest BCUT2D eigenvalue weighted by Crippen LogP contribution is 2.30. The Morgan fingerprint density at radius 3 is 2.10 bits per heavy atom. The number of carbonyl (C=O) groups excluding carboxylic acids is 1. The van der Waals surface area contributed by atoms with Crippen molar-refractivity contribution in [3.05, 3.63) is 54.7 Å². The van der Waals surface area contributed by atoms with Gasteiger partial charge in [0.2, 0.25) is 5.78 Å². The van der Waals surface area contributed by atoms with Crippen molar-refractivity contribution in [2.75, 3.05) is 0 Å². The number of thiophene rings is 1. The van der Waals surface area contributed by atoms with E-state index in [1.165, 1.54) is 11.3 Å². The van der Waals surface area contributed by atoms with E-state index in [0.29, 0.717) is 16.0 Å². The van der Waals surface area contributed by atoms with Crippen LogP contribution < -0.4 is 0 Å². The van der Waals surface area contributed by atoms with Gasteiger partial charge in [-0.3, -0.25) is 4.79 Å². The molecule has 0 unspecified atom stereocenters. The molecule has 2 rings (SSSR count). The van der Waals surface area contributed by atoms with Crippen LogP contribution in [0.3, 0.4) is 0 Å². The summed E-state index contributed by atoms with van der Waals surface area (Å²) in [4.78, 5) is 25.6. The van der Waals surface area contributed by atoms with E-state index in [1.807, 2.05) is 6.92 Å². The number of aromatic carboxylic acids is 1. The molecule has 0 aliphatic rings. The molecular formula is C15H13BrO3S. The Hall–Kier alpha value is -1.46. The van der Waals surface area contributed by atoms with Gasteiger partial charge in [-0.05, 0) is 53.9 Å². The highest BCUT2D eigenvalue weighted by molar-refractivity contribution is 9.10. The van der Waals surface area contributed by atoms with Crippen molar-refractivity contribution in [3.63, 3.8) is 0 Å². The van der Waals surface area contributed by atoms with Crippen molar-refractivity contribution in [3.8, 4) is 0 Å². The normalized spacial score (nSPS) is 10.6. The van der Waals surface area contributed by atoms with Gasteiger partial charge in [0.05, 0.1) is 10.4 Å². The highest BCUT2D eigenvalue weighted by atomic mass is 79.9. The molecule has 1 aromatic heterocycles. The van der Waals surface area contributed by atoms with Crippen LogP contribution in [0.15, 0.2) is 22.7 Å². The molecule has 1 aromatic carbocycles. The fraction of sp³-hybridized carbons (Fsp3) is 0.200. The van der Waals surface area contributed by atoms with Gasteiger partial charge in [-0.1, -0.05) is 12.1 Å². The quantitative estimate of drug-likeness (QED) is 0.834. The van der Waals surface area contributed by atoms with Gasteiger partial charge in [0.25, 0.3) is 0 Å². The maximum absolute atomic E-state index is 12.6. The molecule has 0 saturated heterocycles. The molecule has 0 aliphatic heterocycles. The van der Waals surface area contributed by atoms with Gasteiger partial charge in [-0.25, -0.2) is 4.79 Å². The van der Waals surface area contributed by atoms with Crippen LogP contribution in [0.25, 0.3) is 0 Å². The van der Waals surface area contributed by atoms with Crippen LogP contribution in [0.4, 0.5) is 0 Å². The lowest BCUT2D eigenvalue weighted by Gasteiger charge is -2.10. The van der Waals surface area contributed by atoms with E-state index in [4.69, 9.17) is 0 Å². The van der Waals surface area contributed by atoms with E-state index < -0.39 is 5.97 Å². The number of hydrogen-bond donors (Lipinski definition) is 1. The van der Waals surface area contributed by atoms with Crippen LogP contribution in [-0.2, 0) is 0 Å². The molecular weight excluding hydrogens is 340 g/mol. The molecule has 2 aromatic rings. The van der Waals surface area contributed by atoms with Crippen molar-refractivity contribution < 1.29 is 14.7 Å². The lowest BCUT2D eigenvalue weighted by atomic mass is 9.93. The monoisotopic (exact) mass is 352 g/mol. The molecule has 0 amide bonds. The van der Waals surface area contributed by atoms with Crippen molar-refractivity contribution in [2.24, 2.45) is 0 Å². The number of halogens is 1. The molecule has 1 heterocycles. The van der Waals surface area contributed by atoms with E-state index in [0.717, 1.165) is 9.35 Å². The van der Waals surface area contributed by atoms with Gasteiger partial charge in [0, 0.05) is 14.9 Å². The zero-order chi connectivity index (χ0) is 15.0. The first-order valence-electron chi connectivity index (χ1n) is 5.97. The standard InChI is InChI=1S/C15H13BrO3S/c1-7-4-5-8(2)13(15(18)19)12(7)14(17)11-6-10(16)9(3)20-11/h4-6H,1-3H3,(H,18,19). The van der Waals surface area contributed by atoms with Crippen LogP contribution in [0, 0.1) is 20.8 Å². The summed E-state index contributed by atoms with van der Waals surface area (Å²) in [5.74, 6) is -1.30. The van der Waals surface area contributed by atoms with Crippen LogP contribution in [0.2, 0.25) is 0 Å². The SMILES string of the molecule is Cc1ccc(C)c(C(=O)c2cc(Br)c(C)s2)c1C(=O)O. The third-order valence-electron chi connectivity index (χ3n) is 3.14. The fourth-order valence-electron chi connectivity index (χ4n) is 2.07. The summed E-state index contributed by atoms with van der Waals surface area (Å²) in [5, 5.41) is 9.37. The molecule has 0 fully saturated rings. The third-order valence-corrected chi connectivity index (χ3v) is 5.28. The largest absolute Gasteiger partial charge is 0.478 e. The zero-order valence-corrected chi connectivity index (χ0v) is 13.7. The van der Waals surface area contributed by atoms with E-state index >= 15 is 0 Å². The lowest BCUT2D eigenvalue weighted by Crippen LogP contribution is -2.12. The molecule has 0 radical (unpaired) electrons. The molecule has 20 heavy (non-hydrogen) atoms. The second-order valence-corrected chi connectivity index (χ2v) is 6.71. The number of rotatable bonds is 3. The van der Waals surface area contributed by atoms with Crippen molar-refractivity contribution in [2.45, 2.75) is 20.8 Å². The predicted octanol–water partition coefficient (Wildman–Crippen LogP) is 4.37. The third kappa shape index (κ3) is 2.55. The fourth-order valence-corrected chi connectivity index (χ4v) is 3.56. The van der Waals surface area contributed by atoms with E-state index in [2.05, 4.69) is 15.9 Å². The number of ketones is 1. The van der Waals surface area contributed by atoms with E-state index in [9.17, 15) is 14.7 Å². The first kappa shape index (κ1) is 14.9. The van der Waals surface area contributed by atoms with Crippen LogP contribution in [0.5, 0.6) is 0 Å². The molecule has 3 nitrogen and oxygen atoms in total. The molecule has 1 N–H and O–H groups in total. The highest BCUT2D eigenvalue weighted by Gasteiger charge is 2.23. The Labute approximate surface area is 129 Å². The summed E-state index contributed by atoms with van der Waals surface area (Å²) in [7, 11) is 0. The van der Waals surface area contributed by atoms with Crippen LogP contribution in [0.1, 0.15) is 41.6 Å². The van der Waals surface area contributed by atoms with Gasteiger partial charge in [0.1, 0.15) is 0 Å². The number of aryl methyl sites for hydroxylation is 3. The van der Waals surface area contributed by atoms with Gasteiger partial charge in [0.15, 0.2) is 0 Å². The van der Waals surface area contributed by atoms with Gasteiger partial charge in [-0.15, -0.1) is 11.3 Å². The molecule has 0 aliphatic carbocycles. The van der Waals surface area contributed by atoms with E-state index in [-0.39, 0.29) is 16.9 Å². The summed E-state index contributed by atoms with van der Waals surface area (Å²) in [6.45, 7) is 5.37. The first-order chi connectivity index (χ1) is 9.32. The van der Waals surface area contributed by atoms with Gasteiger partial charge in [-0.2, -0.15) is 0 Å². The Kier molecular flexibility index (Phi) is 4.11. The minimum absolute atomic E-state index is 0.0946. The average molecular weight is 353 g/mol. The van der Waals surface area contributed by atoms with Crippen molar-refractivity contribution >= 4 is 39.0 Å². The minimum Gasteiger partial charge on any atom is -0.478 e. The van der Waals surface area contributed by atoms with Crippen molar-refractivity contribution in [1.29, 1.82) is 0 Å². The lowest BCUT2D eigenvalue weighted by molar-refractivity contribution is 0.0692. The Morgan fingerprint density at radius 1 is 1.10 bits per heavy atom. The second-order valence-electron chi connectivity index (χ2n) is 4.60. The summed E-state index contributed by atoms with van der Waals surface area (Å²) < 4.78 is 0.869. The Morgan fingerprint density at radius 2 is 1.65 bits per heavy atom. The number of carboxylic acids is 1. The van der Waals surface area contributed by atoms with Crippen LogP contribution >= 0.6 is 27.3 Å². The first-order valence-corrected chi connectivity index (χ1v) is 7.58. The maximum Gasteiger partial charge on any atom is 0.336 e. The average Bonchev–Trinajstić information content (AvgIpc) is 2.71. The summed E-state index contributed by atoms with van der Waals surface area (Å²) in [6.07, 6.45) is 0. The van der Waals surface area contributed by atoms with Crippen LogP contribution in [-0.4, -0.2) is 16.9 Å². The molecule has 0 spiro atoms. The van der Waals surface area contributed by atoms with E-state index in [1.54, 1.807) is 32.0 Å². The predicted molar refractivity (Wildman–Crippen MR) is 83.1 cm³/mol. The Balaban J connectivity index is 2.65. The molecule has 5 heteroatoms. The molecule has 0 atom stereocenters. The summed E-state index contributed by atoms with van der Waals surface area (Å²) in [5.41, 5.74) is 1.65. The molecule has 0 saturated carbocycles. The van der Waals surface area contributed by atoms with Crippen molar-refractivity contribution in [1.82, 2.24) is 0 Å². The number of hydrogen-bond acceptors (Lipinski definition) is 3. The van der Waals surface area contributed by atoms with Gasteiger partial charge < -0.3 is 5.11 Å². The summed E-state index contributed by atoms with van der Waals surface area (Å²) in [6, 6.07) is 5.26. The Bertz CT molecular complexity index is 697. The summed E-state index contributed by atoms with van der Waals surface area (Å²) >= 11 is 4.74. The number of carboxylic acid groups (broad SMARTS) is 1. The van der Waals surface area contributed by atoms with Gasteiger partial charge >= 0.3 is 5.97 Å². The smallest absolute Gasteiger partial charge is 0.336 e. The number of carbonyl (C=O) groups is 2. The number of benzene rings is 1.